The van der Waals surface area contributed by atoms with Crippen LogP contribution in [0.3, 0.4) is 0 Å². The average Bonchev–Trinajstić information content (AvgIpc) is 2.67. The molecular formula is C27H36N2O. The molecule has 0 radical (unpaired) electrons. The van der Waals surface area contributed by atoms with E-state index in [0.29, 0.717) is 0 Å². The first kappa shape index (κ1) is 22.4. The fourth-order valence-corrected chi connectivity index (χ4v) is 4.63. The van der Waals surface area contributed by atoms with Crippen molar-refractivity contribution in [1.82, 2.24) is 0 Å². The SMILES string of the molecule is C/C(=N\c1c(C)cc(C)cc1C)C1CCCC(/C(C)=N/c2c(C)cc(C)cc2C)O1. The van der Waals surface area contributed by atoms with Crippen LogP contribution in [0.1, 0.15) is 66.5 Å². The lowest BCUT2D eigenvalue weighted by atomic mass is 9.98. The van der Waals surface area contributed by atoms with Crippen molar-refractivity contribution in [3.63, 3.8) is 0 Å². The molecule has 0 N–H and O–H groups in total. The number of hydrogen-bond acceptors (Lipinski definition) is 3. The fraction of sp³-hybridized carbons (Fsp3) is 0.481. The standard InChI is InChI=1S/C27H36N2O/c1-16-12-18(3)26(19(4)13-16)28-22(7)24-10-9-11-25(30-24)23(8)29-27-20(5)14-17(2)15-21(27)6/h12-15,24-25H,9-11H2,1-8H3/b28-22+,29-23+. The van der Waals surface area contributed by atoms with Gasteiger partial charge in [0.25, 0.3) is 0 Å². The summed E-state index contributed by atoms with van der Waals surface area (Å²) in [7, 11) is 0. The van der Waals surface area contributed by atoms with Crippen LogP contribution in [0.2, 0.25) is 0 Å². The predicted octanol–water partition coefficient (Wildman–Crippen LogP) is 7.36. The molecule has 2 aromatic carbocycles. The Morgan fingerprint density at radius 1 is 0.667 bits per heavy atom. The first-order valence-electron chi connectivity index (χ1n) is 11.1. The molecular weight excluding hydrogens is 368 g/mol. The Morgan fingerprint density at radius 3 is 1.33 bits per heavy atom. The maximum atomic E-state index is 6.50. The maximum absolute atomic E-state index is 6.50. The zero-order valence-corrected chi connectivity index (χ0v) is 19.9. The van der Waals surface area contributed by atoms with E-state index in [2.05, 4.69) is 79.7 Å². The lowest BCUT2D eigenvalue weighted by molar-refractivity contribution is 0.0230. The van der Waals surface area contributed by atoms with Crippen LogP contribution in [0.15, 0.2) is 34.3 Å². The van der Waals surface area contributed by atoms with Gasteiger partial charge < -0.3 is 4.74 Å². The van der Waals surface area contributed by atoms with E-state index in [0.717, 1.165) is 42.1 Å². The molecule has 2 aromatic rings. The molecule has 30 heavy (non-hydrogen) atoms. The maximum Gasteiger partial charge on any atom is 0.0962 e. The summed E-state index contributed by atoms with van der Waals surface area (Å²) in [5.41, 5.74) is 11.7. The van der Waals surface area contributed by atoms with E-state index in [4.69, 9.17) is 14.7 Å². The second-order valence-corrected chi connectivity index (χ2v) is 9.05. The number of hydrogen-bond donors (Lipinski definition) is 0. The van der Waals surface area contributed by atoms with Gasteiger partial charge in [-0.2, -0.15) is 0 Å². The largest absolute Gasteiger partial charge is 0.363 e. The molecule has 1 aliphatic heterocycles. The van der Waals surface area contributed by atoms with Crippen molar-refractivity contribution >= 4 is 22.8 Å². The van der Waals surface area contributed by atoms with Crippen molar-refractivity contribution in [3.05, 3.63) is 57.6 Å². The topological polar surface area (TPSA) is 34.0 Å². The number of nitrogens with zero attached hydrogens (tertiary/aromatic N) is 2. The fourth-order valence-electron chi connectivity index (χ4n) is 4.63. The Kier molecular flexibility index (Phi) is 6.92. The summed E-state index contributed by atoms with van der Waals surface area (Å²) in [5.74, 6) is 0. The molecule has 2 atom stereocenters. The van der Waals surface area contributed by atoms with Gasteiger partial charge in [0, 0.05) is 11.4 Å². The molecule has 0 amide bonds. The third kappa shape index (κ3) is 5.07. The minimum absolute atomic E-state index is 0.0502. The van der Waals surface area contributed by atoms with Crippen LogP contribution in [0.25, 0.3) is 0 Å². The summed E-state index contributed by atoms with van der Waals surface area (Å²) in [6.07, 6.45) is 3.27. The summed E-state index contributed by atoms with van der Waals surface area (Å²) >= 11 is 0. The molecule has 0 aromatic heterocycles. The van der Waals surface area contributed by atoms with Crippen molar-refractivity contribution < 1.29 is 4.74 Å². The van der Waals surface area contributed by atoms with E-state index in [9.17, 15) is 0 Å². The third-order valence-electron chi connectivity index (χ3n) is 6.04. The van der Waals surface area contributed by atoms with Gasteiger partial charge in [-0.3, -0.25) is 9.98 Å². The average molecular weight is 405 g/mol. The molecule has 0 bridgehead atoms. The van der Waals surface area contributed by atoms with Gasteiger partial charge >= 0.3 is 0 Å². The number of benzene rings is 2. The van der Waals surface area contributed by atoms with Gasteiger partial charge in [0.05, 0.1) is 23.6 Å². The van der Waals surface area contributed by atoms with E-state index in [-0.39, 0.29) is 12.2 Å². The van der Waals surface area contributed by atoms with E-state index >= 15 is 0 Å². The van der Waals surface area contributed by atoms with Gasteiger partial charge in [0.1, 0.15) is 0 Å². The highest BCUT2D eigenvalue weighted by atomic mass is 16.5. The Balaban J connectivity index is 1.82. The molecule has 1 saturated heterocycles. The number of rotatable bonds is 4. The number of aliphatic imine (C=N–C) groups is 2. The van der Waals surface area contributed by atoms with Crippen molar-refractivity contribution in [1.29, 1.82) is 0 Å². The van der Waals surface area contributed by atoms with Crippen molar-refractivity contribution in [2.24, 2.45) is 9.98 Å². The quantitative estimate of drug-likeness (QED) is 0.490. The third-order valence-corrected chi connectivity index (χ3v) is 6.04. The zero-order valence-electron chi connectivity index (χ0n) is 19.9. The molecule has 160 valence electrons. The van der Waals surface area contributed by atoms with Gasteiger partial charge in [0.15, 0.2) is 0 Å². The van der Waals surface area contributed by atoms with Crippen LogP contribution in [0.5, 0.6) is 0 Å². The second kappa shape index (κ2) is 9.26. The van der Waals surface area contributed by atoms with Gasteiger partial charge in [-0.15, -0.1) is 0 Å². The highest BCUT2D eigenvalue weighted by Crippen LogP contribution is 2.30. The molecule has 0 saturated carbocycles. The lowest BCUT2D eigenvalue weighted by Gasteiger charge is -2.30. The summed E-state index contributed by atoms with van der Waals surface area (Å²) < 4.78 is 6.50. The molecule has 1 aliphatic rings. The first-order chi connectivity index (χ1) is 14.2. The molecule has 2 unspecified atom stereocenters. The molecule has 1 fully saturated rings. The first-order valence-corrected chi connectivity index (χ1v) is 11.1. The van der Waals surface area contributed by atoms with E-state index < -0.39 is 0 Å². The van der Waals surface area contributed by atoms with Gasteiger partial charge in [-0.05, 0) is 96.9 Å². The summed E-state index contributed by atoms with van der Waals surface area (Å²) in [6, 6.07) is 8.80. The summed E-state index contributed by atoms with van der Waals surface area (Å²) in [6.45, 7) is 17.0. The van der Waals surface area contributed by atoms with Crippen molar-refractivity contribution in [2.75, 3.05) is 0 Å². The molecule has 1 heterocycles. The number of aryl methyl sites for hydroxylation is 6. The van der Waals surface area contributed by atoms with Crippen molar-refractivity contribution in [2.45, 2.75) is 86.9 Å². The van der Waals surface area contributed by atoms with Crippen LogP contribution in [-0.4, -0.2) is 23.6 Å². The smallest absolute Gasteiger partial charge is 0.0962 e. The van der Waals surface area contributed by atoms with Gasteiger partial charge in [0.2, 0.25) is 0 Å². The second-order valence-electron chi connectivity index (χ2n) is 9.05. The Labute approximate surface area is 182 Å². The predicted molar refractivity (Wildman–Crippen MR) is 129 cm³/mol. The molecule has 0 aliphatic carbocycles. The van der Waals surface area contributed by atoms with Crippen LogP contribution >= 0.6 is 0 Å². The molecule has 3 nitrogen and oxygen atoms in total. The Morgan fingerprint density at radius 2 is 1.00 bits per heavy atom. The van der Waals surface area contributed by atoms with Crippen LogP contribution in [0.4, 0.5) is 11.4 Å². The van der Waals surface area contributed by atoms with Crippen molar-refractivity contribution in [3.8, 4) is 0 Å². The van der Waals surface area contributed by atoms with Gasteiger partial charge in [-0.1, -0.05) is 35.4 Å². The van der Waals surface area contributed by atoms with Crippen LogP contribution < -0.4 is 0 Å². The van der Waals surface area contributed by atoms with E-state index in [1.165, 1.54) is 33.4 Å². The lowest BCUT2D eigenvalue weighted by Crippen LogP contribution is -2.36. The number of ether oxygens (including phenoxy) is 1. The summed E-state index contributed by atoms with van der Waals surface area (Å²) in [5, 5.41) is 0. The summed E-state index contributed by atoms with van der Waals surface area (Å²) in [4.78, 5) is 9.98. The minimum Gasteiger partial charge on any atom is -0.363 e. The highest BCUT2D eigenvalue weighted by Gasteiger charge is 2.26. The molecule has 0 spiro atoms. The van der Waals surface area contributed by atoms with E-state index in [1.54, 1.807) is 0 Å². The zero-order chi connectivity index (χ0) is 22.0. The normalized spacial score (nSPS) is 20.5. The Bertz CT molecular complexity index is 874. The van der Waals surface area contributed by atoms with Crippen LogP contribution in [-0.2, 0) is 4.74 Å². The minimum atomic E-state index is 0.0502. The molecule has 3 heteroatoms. The molecule has 3 rings (SSSR count). The van der Waals surface area contributed by atoms with Gasteiger partial charge in [-0.25, -0.2) is 0 Å². The highest BCUT2D eigenvalue weighted by molar-refractivity contribution is 5.92. The Hall–Kier alpha value is -2.26. The van der Waals surface area contributed by atoms with Crippen LogP contribution in [0, 0.1) is 41.5 Å². The van der Waals surface area contributed by atoms with E-state index in [1.807, 2.05) is 0 Å². The monoisotopic (exact) mass is 404 g/mol.